The molecule has 0 amide bonds. The summed E-state index contributed by atoms with van der Waals surface area (Å²) in [6.45, 7) is 2.14. The van der Waals surface area contributed by atoms with Gasteiger partial charge < -0.3 is 0 Å². The predicted octanol–water partition coefficient (Wildman–Crippen LogP) is 8.07. The molecule has 0 nitrogen and oxygen atoms in total. The molecule has 4 aromatic rings. The summed E-state index contributed by atoms with van der Waals surface area (Å²) in [5.74, 6) is -4.28. The van der Waals surface area contributed by atoms with E-state index in [9.17, 15) is 13.2 Å². The maximum atomic E-state index is 15.2. The van der Waals surface area contributed by atoms with E-state index in [1.54, 1.807) is 30.3 Å². The molecule has 0 aliphatic rings. The average Bonchev–Trinajstić information content (AvgIpc) is 2.76. The topological polar surface area (TPSA) is 0 Å². The number of unbranched alkanes of at least 4 members (excludes halogenated alkanes) is 1. The van der Waals surface area contributed by atoms with Gasteiger partial charge in [-0.15, -0.1) is 0 Å². The van der Waals surface area contributed by atoms with Crippen LogP contribution in [0.4, 0.5) is 17.6 Å². The van der Waals surface area contributed by atoms with Crippen LogP contribution in [0.25, 0.3) is 33.0 Å². The Morgan fingerprint density at radius 1 is 0.633 bits per heavy atom. The molecule has 0 aliphatic carbocycles. The van der Waals surface area contributed by atoms with Crippen LogP contribution in [0.15, 0.2) is 66.7 Å². The first-order chi connectivity index (χ1) is 14.5. The minimum absolute atomic E-state index is 0.219. The van der Waals surface area contributed by atoms with Gasteiger partial charge in [0, 0.05) is 10.9 Å². The maximum absolute atomic E-state index is 15.2. The average molecular weight is 408 g/mol. The molecule has 0 fully saturated rings. The number of fused-ring (bicyclic) bond motifs is 1. The summed E-state index contributed by atoms with van der Waals surface area (Å²) in [4.78, 5) is 0. The van der Waals surface area contributed by atoms with Crippen molar-refractivity contribution in [3.63, 3.8) is 0 Å². The van der Waals surface area contributed by atoms with Crippen molar-refractivity contribution in [2.24, 2.45) is 0 Å². The molecule has 0 spiro atoms. The summed E-state index contributed by atoms with van der Waals surface area (Å²) in [6, 6.07) is 18.0. The molecule has 152 valence electrons. The van der Waals surface area contributed by atoms with E-state index in [4.69, 9.17) is 0 Å². The van der Waals surface area contributed by atoms with E-state index >= 15 is 4.39 Å². The van der Waals surface area contributed by atoms with Gasteiger partial charge in [0.15, 0.2) is 17.5 Å². The molecule has 0 saturated carbocycles. The molecule has 0 saturated heterocycles. The van der Waals surface area contributed by atoms with Crippen molar-refractivity contribution < 1.29 is 17.6 Å². The van der Waals surface area contributed by atoms with Crippen LogP contribution in [-0.2, 0) is 6.42 Å². The summed E-state index contributed by atoms with van der Waals surface area (Å²) in [6.07, 6.45) is 3.18. The van der Waals surface area contributed by atoms with Gasteiger partial charge >= 0.3 is 0 Å². The van der Waals surface area contributed by atoms with E-state index in [2.05, 4.69) is 6.92 Å². The quantitative estimate of drug-likeness (QED) is 0.231. The Morgan fingerprint density at radius 2 is 1.30 bits per heavy atom. The van der Waals surface area contributed by atoms with Crippen molar-refractivity contribution in [1.82, 2.24) is 0 Å². The third-order valence-corrected chi connectivity index (χ3v) is 5.35. The molecule has 0 atom stereocenters. The summed E-state index contributed by atoms with van der Waals surface area (Å²) >= 11 is 0. The zero-order valence-electron chi connectivity index (χ0n) is 16.5. The smallest absolute Gasteiger partial charge is 0.194 e. The van der Waals surface area contributed by atoms with Crippen LogP contribution < -0.4 is 0 Å². The standard InChI is InChI=1S/C26H20F4/c1-2-3-4-16-5-11-22-19(13-16)10-12-21(25(22)29)18-8-6-17(7-9-18)20-14-23(27)26(30)24(28)15-20/h5-15H,2-4H2,1H3. The van der Waals surface area contributed by atoms with E-state index in [1.165, 1.54) is 5.56 Å². The SMILES string of the molecule is CCCCc1ccc2c(F)c(-c3ccc(-c4cc(F)c(F)c(F)c4)cc3)ccc2c1. The third-order valence-electron chi connectivity index (χ3n) is 5.35. The first-order valence-corrected chi connectivity index (χ1v) is 9.94. The first-order valence-electron chi connectivity index (χ1n) is 9.94. The fraction of sp³-hybridized carbons (Fsp3) is 0.154. The Hall–Kier alpha value is -3.14. The van der Waals surface area contributed by atoms with E-state index in [1.807, 2.05) is 24.3 Å². The molecule has 0 radical (unpaired) electrons. The Morgan fingerprint density at radius 3 is 1.97 bits per heavy atom. The minimum Gasteiger partial charge on any atom is -0.206 e. The lowest BCUT2D eigenvalue weighted by Crippen LogP contribution is -1.92. The lowest BCUT2D eigenvalue weighted by Gasteiger charge is -2.10. The van der Waals surface area contributed by atoms with Crippen LogP contribution in [0.5, 0.6) is 0 Å². The number of hydrogen-bond donors (Lipinski definition) is 0. The Kier molecular flexibility index (Phi) is 5.58. The summed E-state index contributed by atoms with van der Waals surface area (Å²) < 4.78 is 55.4. The number of aryl methyl sites for hydroxylation is 1. The fourth-order valence-electron chi connectivity index (χ4n) is 3.67. The van der Waals surface area contributed by atoms with Gasteiger partial charge in [-0.2, -0.15) is 0 Å². The molecule has 0 heterocycles. The van der Waals surface area contributed by atoms with Gasteiger partial charge in [-0.25, -0.2) is 17.6 Å². The Balaban J connectivity index is 1.68. The summed E-state index contributed by atoms with van der Waals surface area (Å²) in [5.41, 5.74) is 3.03. The third kappa shape index (κ3) is 3.82. The zero-order chi connectivity index (χ0) is 21.3. The van der Waals surface area contributed by atoms with Crippen LogP contribution in [0.2, 0.25) is 0 Å². The molecule has 30 heavy (non-hydrogen) atoms. The molecule has 0 aliphatic heterocycles. The summed E-state index contributed by atoms with van der Waals surface area (Å²) in [5, 5.41) is 1.42. The predicted molar refractivity (Wildman–Crippen MR) is 113 cm³/mol. The Bertz CT molecular complexity index is 1190. The highest BCUT2D eigenvalue weighted by Crippen LogP contribution is 2.32. The first kappa shape index (κ1) is 20.1. The minimum atomic E-state index is -1.49. The lowest BCUT2D eigenvalue weighted by molar-refractivity contribution is 0.448. The van der Waals surface area contributed by atoms with Crippen LogP contribution in [0, 0.1) is 23.3 Å². The fourth-order valence-corrected chi connectivity index (χ4v) is 3.67. The Labute approximate surface area is 172 Å². The van der Waals surface area contributed by atoms with Gasteiger partial charge in [0.05, 0.1) is 0 Å². The van der Waals surface area contributed by atoms with Crippen molar-refractivity contribution >= 4 is 10.8 Å². The molecule has 0 unspecified atom stereocenters. The molecule has 4 aromatic carbocycles. The van der Waals surface area contributed by atoms with Crippen molar-refractivity contribution in [3.8, 4) is 22.3 Å². The zero-order valence-corrected chi connectivity index (χ0v) is 16.5. The van der Waals surface area contributed by atoms with Crippen LogP contribution in [0.3, 0.4) is 0 Å². The van der Waals surface area contributed by atoms with Crippen molar-refractivity contribution in [1.29, 1.82) is 0 Å². The van der Waals surface area contributed by atoms with Crippen molar-refractivity contribution in [2.45, 2.75) is 26.2 Å². The van der Waals surface area contributed by atoms with Crippen LogP contribution in [0.1, 0.15) is 25.3 Å². The van der Waals surface area contributed by atoms with Crippen molar-refractivity contribution in [3.05, 3.63) is 95.6 Å². The highest BCUT2D eigenvalue weighted by Gasteiger charge is 2.13. The number of halogens is 4. The second kappa shape index (κ2) is 8.31. The van der Waals surface area contributed by atoms with E-state index < -0.39 is 17.5 Å². The van der Waals surface area contributed by atoms with Gasteiger partial charge in [0.1, 0.15) is 5.82 Å². The van der Waals surface area contributed by atoms with Gasteiger partial charge in [-0.05, 0) is 52.6 Å². The largest absolute Gasteiger partial charge is 0.206 e. The number of benzene rings is 4. The molecular weight excluding hydrogens is 388 g/mol. The van der Waals surface area contributed by atoms with Gasteiger partial charge in [-0.1, -0.05) is 67.9 Å². The number of hydrogen-bond acceptors (Lipinski definition) is 0. The van der Waals surface area contributed by atoms with E-state index in [0.29, 0.717) is 22.1 Å². The monoisotopic (exact) mass is 408 g/mol. The van der Waals surface area contributed by atoms with Gasteiger partial charge in [0.2, 0.25) is 0 Å². The molecule has 4 heteroatoms. The van der Waals surface area contributed by atoms with Gasteiger partial charge in [0.25, 0.3) is 0 Å². The second-order valence-electron chi connectivity index (χ2n) is 7.42. The number of rotatable bonds is 5. The lowest BCUT2D eigenvalue weighted by atomic mass is 9.96. The maximum Gasteiger partial charge on any atom is 0.194 e. The van der Waals surface area contributed by atoms with Crippen LogP contribution in [-0.4, -0.2) is 0 Å². The molecule has 0 aromatic heterocycles. The normalized spacial score (nSPS) is 11.2. The van der Waals surface area contributed by atoms with E-state index in [0.717, 1.165) is 36.8 Å². The molecular formula is C26H20F4. The second-order valence-corrected chi connectivity index (χ2v) is 7.42. The summed E-state index contributed by atoms with van der Waals surface area (Å²) in [7, 11) is 0. The van der Waals surface area contributed by atoms with Crippen molar-refractivity contribution in [2.75, 3.05) is 0 Å². The van der Waals surface area contributed by atoms with Crippen LogP contribution >= 0.6 is 0 Å². The molecule has 4 rings (SSSR count). The van der Waals surface area contributed by atoms with Gasteiger partial charge in [-0.3, -0.25) is 0 Å². The van der Waals surface area contributed by atoms with E-state index in [-0.39, 0.29) is 11.4 Å². The highest BCUT2D eigenvalue weighted by molar-refractivity contribution is 5.89. The highest BCUT2D eigenvalue weighted by atomic mass is 19.2. The molecule has 0 bridgehead atoms. The molecule has 0 N–H and O–H groups in total.